The van der Waals surface area contributed by atoms with E-state index in [1.165, 1.54) is 0 Å². The average molecular weight is 368 g/mol. The summed E-state index contributed by atoms with van der Waals surface area (Å²) in [6, 6.07) is 15.5. The molecule has 0 saturated carbocycles. The molecule has 0 fully saturated rings. The molecule has 0 saturated heterocycles. The number of nitrogens with zero attached hydrogens (tertiary/aromatic N) is 1. The maximum atomic E-state index is 12.0. The standard InChI is InChI=1S/C20H18ClN3O2/c1-12-19-17(10-18(25)22-20(19)24-23-12)14-4-8-16(9-5-14)26-11-13-2-6-15(21)7-3-13/h2-9,17H,10-11H2,1H3,(H2,22,23,24,25)/t17-/m0/s1. The van der Waals surface area contributed by atoms with E-state index in [0.717, 1.165) is 28.1 Å². The molecule has 2 N–H and O–H groups in total. The molecule has 5 nitrogen and oxygen atoms in total. The lowest BCUT2D eigenvalue weighted by Crippen LogP contribution is -2.23. The van der Waals surface area contributed by atoms with Crippen LogP contribution in [-0.4, -0.2) is 16.1 Å². The zero-order valence-corrected chi connectivity index (χ0v) is 15.0. The van der Waals surface area contributed by atoms with Crippen LogP contribution in [0.2, 0.25) is 5.02 Å². The maximum absolute atomic E-state index is 12.0. The lowest BCUT2D eigenvalue weighted by molar-refractivity contribution is -0.116. The summed E-state index contributed by atoms with van der Waals surface area (Å²) in [7, 11) is 0. The minimum atomic E-state index is -0.0166. The minimum Gasteiger partial charge on any atom is -0.489 e. The van der Waals surface area contributed by atoms with Gasteiger partial charge in [0.25, 0.3) is 0 Å². The molecule has 1 atom stereocenters. The Morgan fingerprint density at radius 1 is 1.15 bits per heavy atom. The first-order valence-corrected chi connectivity index (χ1v) is 8.80. The van der Waals surface area contributed by atoms with Crippen LogP contribution in [0.5, 0.6) is 5.75 Å². The molecule has 1 amide bonds. The van der Waals surface area contributed by atoms with Gasteiger partial charge in [-0.2, -0.15) is 5.10 Å². The Hall–Kier alpha value is -2.79. The number of amides is 1. The Kier molecular flexibility index (Phi) is 4.39. The normalized spacial score (nSPS) is 16.1. The molecule has 4 rings (SSSR count). The Labute approximate surface area is 156 Å². The van der Waals surface area contributed by atoms with E-state index in [2.05, 4.69) is 15.5 Å². The highest BCUT2D eigenvalue weighted by Gasteiger charge is 2.30. The van der Waals surface area contributed by atoms with Crippen LogP contribution < -0.4 is 10.1 Å². The fraction of sp³-hybridized carbons (Fsp3) is 0.200. The molecule has 26 heavy (non-hydrogen) atoms. The number of rotatable bonds is 4. The number of fused-ring (bicyclic) bond motifs is 1. The van der Waals surface area contributed by atoms with Crippen LogP contribution in [0.25, 0.3) is 0 Å². The van der Waals surface area contributed by atoms with Crippen LogP contribution in [0.15, 0.2) is 48.5 Å². The minimum absolute atomic E-state index is 0.00261. The third kappa shape index (κ3) is 3.30. The van der Waals surface area contributed by atoms with Crippen molar-refractivity contribution < 1.29 is 9.53 Å². The van der Waals surface area contributed by atoms with E-state index >= 15 is 0 Å². The molecular formula is C20H18ClN3O2. The molecular weight excluding hydrogens is 350 g/mol. The van der Waals surface area contributed by atoms with E-state index in [0.29, 0.717) is 23.9 Å². The number of aromatic nitrogens is 2. The molecule has 0 bridgehead atoms. The quantitative estimate of drug-likeness (QED) is 0.717. The third-order valence-corrected chi connectivity index (χ3v) is 4.84. The summed E-state index contributed by atoms with van der Waals surface area (Å²) < 4.78 is 5.83. The van der Waals surface area contributed by atoms with Crippen LogP contribution in [0.4, 0.5) is 5.82 Å². The molecule has 132 valence electrons. The maximum Gasteiger partial charge on any atom is 0.226 e. The van der Waals surface area contributed by atoms with Crippen molar-refractivity contribution in [3.63, 3.8) is 0 Å². The highest BCUT2D eigenvalue weighted by atomic mass is 35.5. The van der Waals surface area contributed by atoms with Gasteiger partial charge < -0.3 is 10.1 Å². The topological polar surface area (TPSA) is 67.0 Å². The first-order valence-electron chi connectivity index (χ1n) is 8.42. The Balaban J connectivity index is 1.50. The summed E-state index contributed by atoms with van der Waals surface area (Å²) in [5, 5.41) is 10.7. The van der Waals surface area contributed by atoms with Gasteiger partial charge in [0.2, 0.25) is 5.91 Å². The molecule has 1 aromatic heterocycles. The fourth-order valence-corrected chi connectivity index (χ4v) is 3.38. The number of benzene rings is 2. The number of carbonyl (C=O) groups excluding carboxylic acids is 1. The van der Waals surface area contributed by atoms with Crippen LogP contribution in [0.3, 0.4) is 0 Å². The molecule has 6 heteroatoms. The average Bonchev–Trinajstić information content (AvgIpc) is 3.02. The summed E-state index contributed by atoms with van der Waals surface area (Å²) in [6.07, 6.45) is 0.415. The molecule has 3 aromatic rings. The van der Waals surface area contributed by atoms with Gasteiger partial charge in [-0.1, -0.05) is 35.9 Å². The predicted octanol–water partition coefficient (Wildman–Crippen LogP) is 4.42. The van der Waals surface area contributed by atoms with Crippen molar-refractivity contribution in [2.75, 3.05) is 5.32 Å². The summed E-state index contributed by atoms with van der Waals surface area (Å²) in [6.45, 7) is 2.45. The van der Waals surface area contributed by atoms with Crippen LogP contribution in [-0.2, 0) is 11.4 Å². The third-order valence-electron chi connectivity index (χ3n) is 4.59. The number of nitrogens with one attached hydrogen (secondary N) is 2. The SMILES string of the molecule is Cc1[nH]nc2c1[C@H](c1ccc(OCc3ccc(Cl)cc3)cc1)CC(=O)N2. The van der Waals surface area contributed by atoms with Gasteiger partial charge in [0.05, 0.1) is 0 Å². The summed E-state index contributed by atoms with van der Waals surface area (Å²) in [5.74, 6) is 1.40. The van der Waals surface area contributed by atoms with Crippen LogP contribution in [0, 0.1) is 6.92 Å². The highest BCUT2D eigenvalue weighted by molar-refractivity contribution is 6.30. The number of aromatic amines is 1. The number of H-pyrrole nitrogens is 1. The van der Waals surface area contributed by atoms with E-state index in [-0.39, 0.29) is 11.8 Å². The number of anilines is 1. The Morgan fingerprint density at radius 2 is 1.88 bits per heavy atom. The van der Waals surface area contributed by atoms with Gasteiger partial charge in [-0.3, -0.25) is 9.89 Å². The van der Waals surface area contributed by atoms with E-state index < -0.39 is 0 Å². The molecule has 1 aliphatic rings. The van der Waals surface area contributed by atoms with Crippen molar-refractivity contribution in [3.05, 3.63) is 75.9 Å². The number of hydrogen-bond acceptors (Lipinski definition) is 3. The number of carbonyl (C=O) groups is 1. The highest BCUT2D eigenvalue weighted by Crippen LogP contribution is 2.38. The van der Waals surface area contributed by atoms with Gasteiger partial charge in [-0.25, -0.2) is 0 Å². The first kappa shape index (κ1) is 16.7. The lowest BCUT2D eigenvalue weighted by atomic mass is 9.86. The van der Waals surface area contributed by atoms with Gasteiger partial charge in [-0.05, 0) is 42.3 Å². The lowest BCUT2D eigenvalue weighted by Gasteiger charge is -2.23. The molecule has 0 unspecified atom stereocenters. The second-order valence-electron chi connectivity index (χ2n) is 6.40. The largest absolute Gasteiger partial charge is 0.489 e. The smallest absolute Gasteiger partial charge is 0.226 e. The van der Waals surface area contributed by atoms with E-state index in [1.54, 1.807) is 0 Å². The van der Waals surface area contributed by atoms with Crippen molar-refractivity contribution in [1.29, 1.82) is 0 Å². The van der Waals surface area contributed by atoms with Gasteiger partial charge in [0.15, 0.2) is 5.82 Å². The molecule has 2 heterocycles. The van der Waals surface area contributed by atoms with E-state index in [9.17, 15) is 4.79 Å². The van der Waals surface area contributed by atoms with Crippen molar-refractivity contribution in [1.82, 2.24) is 10.2 Å². The van der Waals surface area contributed by atoms with Gasteiger partial charge in [0, 0.05) is 28.6 Å². The summed E-state index contributed by atoms with van der Waals surface area (Å²) in [5.41, 5.74) is 4.16. The second-order valence-corrected chi connectivity index (χ2v) is 6.84. The summed E-state index contributed by atoms with van der Waals surface area (Å²) in [4.78, 5) is 12.0. The Morgan fingerprint density at radius 3 is 2.62 bits per heavy atom. The monoisotopic (exact) mass is 367 g/mol. The molecule has 0 radical (unpaired) electrons. The Bertz CT molecular complexity index is 933. The van der Waals surface area contributed by atoms with Crippen molar-refractivity contribution in [3.8, 4) is 5.75 Å². The number of halogens is 1. The zero-order chi connectivity index (χ0) is 18.1. The predicted molar refractivity (Wildman–Crippen MR) is 101 cm³/mol. The van der Waals surface area contributed by atoms with Crippen molar-refractivity contribution in [2.45, 2.75) is 25.9 Å². The van der Waals surface area contributed by atoms with Crippen LogP contribution >= 0.6 is 11.6 Å². The zero-order valence-electron chi connectivity index (χ0n) is 14.3. The van der Waals surface area contributed by atoms with Gasteiger partial charge >= 0.3 is 0 Å². The second kappa shape index (κ2) is 6.84. The molecule has 0 spiro atoms. The van der Waals surface area contributed by atoms with E-state index in [1.807, 2.05) is 55.5 Å². The molecule has 2 aromatic carbocycles. The van der Waals surface area contributed by atoms with Gasteiger partial charge in [0.1, 0.15) is 12.4 Å². The number of hydrogen-bond donors (Lipinski definition) is 2. The summed E-state index contributed by atoms with van der Waals surface area (Å²) >= 11 is 5.89. The fourth-order valence-electron chi connectivity index (χ4n) is 3.26. The van der Waals surface area contributed by atoms with Crippen molar-refractivity contribution in [2.24, 2.45) is 0 Å². The van der Waals surface area contributed by atoms with Gasteiger partial charge in [-0.15, -0.1) is 0 Å². The molecule has 1 aliphatic heterocycles. The molecule has 0 aliphatic carbocycles. The van der Waals surface area contributed by atoms with Crippen LogP contribution in [0.1, 0.15) is 34.7 Å². The number of ether oxygens (including phenoxy) is 1. The van der Waals surface area contributed by atoms with E-state index in [4.69, 9.17) is 16.3 Å². The van der Waals surface area contributed by atoms with Crippen molar-refractivity contribution >= 4 is 23.3 Å². The number of aryl methyl sites for hydroxylation is 1. The first-order chi connectivity index (χ1) is 12.6.